The molecule has 0 bridgehead atoms. The van der Waals surface area contributed by atoms with Crippen LogP contribution in [0.1, 0.15) is 26.3 Å². The van der Waals surface area contributed by atoms with Crippen LogP contribution in [0.2, 0.25) is 0 Å². The van der Waals surface area contributed by atoms with E-state index in [0.29, 0.717) is 24.5 Å². The third kappa shape index (κ3) is 4.64. The average Bonchev–Trinajstić information content (AvgIpc) is 2.33. The first-order chi connectivity index (χ1) is 8.46. The molecule has 0 spiro atoms. The first kappa shape index (κ1) is 14.3. The molecule has 1 aromatic rings. The predicted octanol–water partition coefficient (Wildman–Crippen LogP) is 2.79. The van der Waals surface area contributed by atoms with Crippen molar-refractivity contribution in [1.82, 2.24) is 0 Å². The Bertz CT molecular complexity index is 430. The van der Waals surface area contributed by atoms with E-state index in [0.717, 1.165) is 5.69 Å². The van der Waals surface area contributed by atoms with Crippen LogP contribution in [0, 0.1) is 11.3 Å². The molecule has 0 atom stereocenters. The molecule has 0 unspecified atom stereocenters. The minimum absolute atomic E-state index is 0.129. The molecule has 0 fully saturated rings. The van der Waals surface area contributed by atoms with Crippen LogP contribution >= 0.6 is 0 Å². The number of methoxy groups -OCH3 is 1. The summed E-state index contributed by atoms with van der Waals surface area (Å²) in [6.07, 6.45) is 0. The van der Waals surface area contributed by atoms with Gasteiger partial charge < -0.3 is 14.8 Å². The lowest BCUT2D eigenvalue weighted by Crippen LogP contribution is -2.23. The molecule has 1 rings (SSSR count). The van der Waals surface area contributed by atoms with Crippen molar-refractivity contribution in [2.24, 2.45) is 0 Å². The first-order valence-corrected chi connectivity index (χ1v) is 5.92. The van der Waals surface area contributed by atoms with Crippen LogP contribution in [0.4, 0.5) is 5.69 Å². The van der Waals surface area contributed by atoms with Gasteiger partial charge in [-0.1, -0.05) is 0 Å². The second kappa shape index (κ2) is 6.27. The van der Waals surface area contributed by atoms with Crippen molar-refractivity contribution in [1.29, 1.82) is 5.26 Å². The van der Waals surface area contributed by atoms with Gasteiger partial charge in [-0.05, 0) is 32.9 Å². The summed E-state index contributed by atoms with van der Waals surface area (Å²) in [6, 6.07) is 7.40. The zero-order valence-corrected chi connectivity index (χ0v) is 11.4. The second-order valence-corrected chi connectivity index (χ2v) is 4.91. The number of hydrogen-bond acceptors (Lipinski definition) is 4. The van der Waals surface area contributed by atoms with Gasteiger partial charge in [0.05, 0.1) is 36.6 Å². The quantitative estimate of drug-likeness (QED) is 0.814. The lowest BCUT2D eigenvalue weighted by molar-refractivity contribution is 0.00333. The molecule has 1 N–H and O–H groups in total. The maximum atomic E-state index is 8.81. The topological polar surface area (TPSA) is 54.3 Å². The summed E-state index contributed by atoms with van der Waals surface area (Å²) in [5.74, 6) is 0.671. The Morgan fingerprint density at radius 2 is 2.06 bits per heavy atom. The summed E-state index contributed by atoms with van der Waals surface area (Å²) in [7, 11) is 1.59. The first-order valence-electron chi connectivity index (χ1n) is 5.92. The van der Waals surface area contributed by atoms with Crippen LogP contribution in [0.5, 0.6) is 5.75 Å². The van der Waals surface area contributed by atoms with Gasteiger partial charge in [-0.25, -0.2) is 0 Å². The molecule has 4 heteroatoms. The van der Waals surface area contributed by atoms with E-state index in [1.807, 2.05) is 26.8 Å². The molecular formula is C14H20N2O2. The highest BCUT2D eigenvalue weighted by Crippen LogP contribution is 2.25. The number of nitrogens with zero attached hydrogens (tertiary/aromatic N) is 1. The number of nitriles is 1. The van der Waals surface area contributed by atoms with Crippen molar-refractivity contribution in [2.45, 2.75) is 26.4 Å². The van der Waals surface area contributed by atoms with Crippen LogP contribution in [-0.2, 0) is 4.74 Å². The van der Waals surface area contributed by atoms with Crippen molar-refractivity contribution in [2.75, 3.05) is 25.6 Å². The number of nitrogens with one attached hydrogen (secondary N) is 1. The van der Waals surface area contributed by atoms with Gasteiger partial charge in [-0.2, -0.15) is 5.26 Å². The summed E-state index contributed by atoms with van der Waals surface area (Å²) in [5.41, 5.74) is 1.33. The Labute approximate surface area is 109 Å². The van der Waals surface area contributed by atoms with Crippen LogP contribution in [0.3, 0.4) is 0 Å². The SMILES string of the molecule is COc1cc(C#N)ccc1NCCOC(C)(C)C. The van der Waals surface area contributed by atoms with Crippen LogP contribution < -0.4 is 10.1 Å². The van der Waals surface area contributed by atoms with Crippen molar-refractivity contribution in [3.63, 3.8) is 0 Å². The highest BCUT2D eigenvalue weighted by Gasteiger charge is 2.09. The molecule has 1 aromatic carbocycles. The standard InChI is InChI=1S/C14H20N2O2/c1-14(2,3)18-8-7-16-12-6-5-11(10-15)9-13(12)17-4/h5-6,9,16H,7-8H2,1-4H3. The number of ether oxygens (including phenoxy) is 2. The molecule has 4 nitrogen and oxygen atoms in total. The van der Waals surface area contributed by atoms with E-state index < -0.39 is 0 Å². The maximum Gasteiger partial charge on any atom is 0.143 e. The van der Waals surface area contributed by atoms with E-state index in [-0.39, 0.29) is 5.60 Å². The maximum absolute atomic E-state index is 8.81. The molecule has 98 valence electrons. The predicted molar refractivity (Wildman–Crippen MR) is 71.9 cm³/mol. The molecule has 0 aliphatic heterocycles. The molecule has 0 amide bonds. The van der Waals surface area contributed by atoms with E-state index in [1.54, 1.807) is 19.2 Å². The molecule has 0 saturated heterocycles. The Hall–Kier alpha value is -1.73. The fraction of sp³-hybridized carbons (Fsp3) is 0.500. The van der Waals surface area contributed by atoms with E-state index in [2.05, 4.69) is 11.4 Å². The van der Waals surface area contributed by atoms with E-state index in [4.69, 9.17) is 14.7 Å². The van der Waals surface area contributed by atoms with Gasteiger partial charge in [0.15, 0.2) is 0 Å². The Morgan fingerprint density at radius 3 is 2.61 bits per heavy atom. The minimum Gasteiger partial charge on any atom is -0.495 e. The van der Waals surface area contributed by atoms with Crippen molar-refractivity contribution in [3.05, 3.63) is 23.8 Å². The minimum atomic E-state index is -0.129. The number of anilines is 1. The normalized spacial score (nSPS) is 10.8. The molecular weight excluding hydrogens is 228 g/mol. The van der Waals surface area contributed by atoms with E-state index in [1.165, 1.54) is 0 Å². The molecule has 0 heterocycles. The summed E-state index contributed by atoms with van der Waals surface area (Å²) >= 11 is 0. The van der Waals surface area contributed by atoms with Gasteiger partial charge in [0.1, 0.15) is 5.75 Å². The molecule has 0 aliphatic rings. The lowest BCUT2D eigenvalue weighted by Gasteiger charge is -2.20. The summed E-state index contributed by atoms with van der Waals surface area (Å²) in [6.45, 7) is 7.38. The van der Waals surface area contributed by atoms with Gasteiger partial charge in [-0.3, -0.25) is 0 Å². The zero-order valence-electron chi connectivity index (χ0n) is 11.4. The largest absolute Gasteiger partial charge is 0.495 e. The van der Waals surface area contributed by atoms with Crippen LogP contribution in [0.25, 0.3) is 0 Å². The highest BCUT2D eigenvalue weighted by molar-refractivity contribution is 5.59. The van der Waals surface area contributed by atoms with Gasteiger partial charge in [-0.15, -0.1) is 0 Å². The fourth-order valence-corrected chi connectivity index (χ4v) is 1.45. The Balaban J connectivity index is 2.55. The molecule has 0 aliphatic carbocycles. The third-order valence-electron chi connectivity index (χ3n) is 2.28. The van der Waals surface area contributed by atoms with E-state index in [9.17, 15) is 0 Å². The van der Waals surface area contributed by atoms with Crippen molar-refractivity contribution < 1.29 is 9.47 Å². The fourth-order valence-electron chi connectivity index (χ4n) is 1.45. The van der Waals surface area contributed by atoms with Gasteiger partial charge >= 0.3 is 0 Å². The van der Waals surface area contributed by atoms with Crippen LogP contribution in [0.15, 0.2) is 18.2 Å². The van der Waals surface area contributed by atoms with Gasteiger partial charge in [0.2, 0.25) is 0 Å². The monoisotopic (exact) mass is 248 g/mol. The Kier molecular flexibility index (Phi) is 4.99. The molecule has 0 saturated carbocycles. The van der Waals surface area contributed by atoms with Crippen molar-refractivity contribution in [3.8, 4) is 11.8 Å². The number of hydrogen-bond donors (Lipinski definition) is 1. The van der Waals surface area contributed by atoms with Gasteiger partial charge in [0, 0.05) is 12.6 Å². The summed E-state index contributed by atoms with van der Waals surface area (Å²) in [4.78, 5) is 0. The zero-order chi connectivity index (χ0) is 13.6. The summed E-state index contributed by atoms with van der Waals surface area (Å²) in [5, 5.41) is 12.0. The third-order valence-corrected chi connectivity index (χ3v) is 2.28. The van der Waals surface area contributed by atoms with Crippen molar-refractivity contribution >= 4 is 5.69 Å². The smallest absolute Gasteiger partial charge is 0.143 e. The lowest BCUT2D eigenvalue weighted by atomic mass is 10.2. The average molecular weight is 248 g/mol. The van der Waals surface area contributed by atoms with Gasteiger partial charge in [0.25, 0.3) is 0 Å². The number of benzene rings is 1. The second-order valence-electron chi connectivity index (χ2n) is 4.91. The number of rotatable bonds is 5. The van der Waals surface area contributed by atoms with Crippen LogP contribution in [-0.4, -0.2) is 25.9 Å². The Morgan fingerprint density at radius 1 is 1.33 bits per heavy atom. The molecule has 0 radical (unpaired) electrons. The highest BCUT2D eigenvalue weighted by atomic mass is 16.5. The van der Waals surface area contributed by atoms with E-state index >= 15 is 0 Å². The molecule has 18 heavy (non-hydrogen) atoms. The molecule has 0 aromatic heterocycles. The summed E-state index contributed by atoms with van der Waals surface area (Å²) < 4.78 is 10.8.